The van der Waals surface area contributed by atoms with Crippen molar-refractivity contribution in [1.82, 2.24) is 9.97 Å². The molecule has 6 nitrogen and oxygen atoms in total. The summed E-state index contributed by atoms with van der Waals surface area (Å²) in [5.41, 5.74) is 6.90. The highest BCUT2D eigenvalue weighted by molar-refractivity contribution is 9.10. The van der Waals surface area contributed by atoms with Crippen LogP contribution >= 0.6 is 15.9 Å². The summed E-state index contributed by atoms with van der Waals surface area (Å²) >= 11 is 3.31. The molecule has 2 heterocycles. The van der Waals surface area contributed by atoms with Crippen molar-refractivity contribution in [2.24, 2.45) is 5.73 Å². The van der Waals surface area contributed by atoms with Gasteiger partial charge in [0.25, 0.3) is 10.0 Å². The van der Waals surface area contributed by atoms with E-state index in [1.807, 2.05) is 0 Å². The molecule has 8 heteroatoms. The van der Waals surface area contributed by atoms with Gasteiger partial charge in [-0.1, -0.05) is 6.07 Å². The van der Waals surface area contributed by atoms with E-state index in [0.29, 0.717) is 12.2 Å². The Labute approximate surface area is 125 Å². The Kier molecular flexibility index (Phi) is 4.36. The number of hydrogen-bond acceptors (Lipinski definition) is 5. The maximum Gasteiger partial charge on any atom is 0.280 e. The third-order valence-electron chi connectivity index (χ3n) is 2.57. The molecule has 0 aliphatic carbocycles. The Morgan fingerprint density at radius 1 is 1.30 bits per heavy atom. The van der Waals surface area contributed by atoms with Crippen LogP contribution in [0.2, 0.25) is 0 Å². The van der Waals surface area contributed by atoms with E-state index in [9.17, 15) is 8.42 Å². The van der Waals surface area contributed by atoms with Crippen LogP contribution in [0, 0.1) is 6.92 Å². The predicted molar refractivity (Wildman–Crippen MR) is 79.6 cm³/mol. The fraction of sp³-hybridized carbons (Fsp3) is 0.167. The van der Waals surface area contributed by atoms with Crippen molar-refractivity contribution in [2.75, 3.05) is 4.72 Å². The van der Waals surface area contributed by atoms with Crippen molar-refractivity contribution in [1.29, 1.82) is 0 Å². The summed E-state index contributed by atoms with van der Waals surface area (Å²) in [6.45, 7) is 2.09. The number of sulfonamides is 1. The molecular weight excluding hydrogens is 344 g/mol. The molecule has 2 aromatic rings. The lowest BCUT2D eigenvalue weighted by Crippen LogP contribution is -2.15. The van der Waals surface area contributed by atoms with Gasteiger partial charge in [0, 0.05) is 17.2 Å². The lowest BCUT2D eigenvalue weighted by molar-refractivity contribution is 0.597. The molecule has 0 aliphatic heterocycles. The van der Waals surface area contributed by atoms with Crippen molar-refractivity contribution in [2.45, 2.75) is 18.5 Å². The molecule has 0 saturated heterocycles. The van der Waals surface area contributed by atoms with E-state index in [2.05, 4.69) is 30.6 Å². The Bertz CT molecular complexity index is 717. The maximum absolute atomic E-state index is 12.1. The van der Waals surface area contributed by atoms with Gasteiger partial charge in [-0.25, -0.2) is 9.97 Å². The molecule has 0 radical (unpaired) electrons. The lowest BCUT2D eigenvalue weighted by atomic mass is 10.3. The average molecular weight is 357 g/mol. The van der Waals surface area contributed by atoms with Crippen LogP contribution in [0.5, 0.6) is 0 Å². The molecule has 0 amide bonds. The van der Waals surface area contributed by atoms with Crippen LogP contribution < -0.4 is 10.5 Å². The van der Waals surface area contributed by atoms with Gasteiger partial charge in [0.15, 0.2) is 5.03 Å². The largest absolute Gasteiger partial charge is 0.326 e. The zero-order valence-electron chi connectivity index (χ0n) is 10.7. The number of nitrogens with zero attached hydrogens (tertiary/aromatic N) is 2. The molecule has 0 fully saturated rings. The van der Waals surface area contributed by atoms with Gasteiger partial charge < -0.3 is 5.73 Å². The number of aromatic nitrogens is 2. The molecule has 0 spiro atoms. The minimum Gasteiger partial charge on any atom is -0.326 e. The molecule has 0 saturated carbocycles. The first-order valence-corrected chi connectivity index (χ1v) is 8.01. The number of hydrogen-bond donors (Lipinski definition) is 2. The minimum atomic E-state index is -3.75. The number of aryl methyl sites for hydroxylation is 1. The molecular formula is C12H13BrN4O2S. The molecule has 3 N–H and O–H groups in total. The zero-order chi connectivity index (χ0) is 14.8. The number of rotatable bonds is 4. The van der Waals surface area contributed by atoms with Crippen molar-refractivity contribution >= 4 is 31.8 Å². The second-order valence-corrected chi connectivity index (χ2v) is 6.56. The molecule has 0 bridgehead atoms. The smallest absolute Gasteiger partial charge is 0.280 e. The number of nitrogens with two attached hydrogens (primary N) is 1. The summed E-state index contributed by atoms with van der Waals surface area (Å²) < 4.78 is 27.5. The van der Waals surface area contributed by atoms with Crippen LogP contribution in [0.15, 0.2) is 40.0 Å². The maximum atomic E-state index is 12.1. The molecule has 20 heavy (non-hydrogen) atoms. The van der Waals surface area contributed by atoms with Crippen LogP contribution in [0.4, 0.5) is 5.82 Å². The van der Waals surface area contributed by atoms with Crippen molar-refractivity contribution in [3.05, 3.63) is 46.2 Å². The second kappa shape index (κ2) is 5.86. The number of nitrogens with one attached hydrogen (secondary N) is 1. The van der Waals surface area contributed by atoms with E-state index in [-0.39, 0.29) is 10.8 Å². The Morgan fingerprint density at radius 2 is 2.05 bits per heavy atom. The lowest BCUT2D eigenvalue weighted by Gasteiger charge is -2.08. The van der Waals surface area contributed by atoms with Crippen molar-refractivity contribution in [3.8, 4) is 0 Å². The van der Waals surface area contributed by atoms with E-state index in [1.165, 1.54) is 12.3 Å². The molecule has 2 aromatic heterocycles. The molecule has 0 aromatic carbocycles. The van der Waals surface area contributed by atoms with Crippen molar-refractivity contribution in [3.63, 3.8) is 0 Å². The highest BCUT2D eigenvalue weighted by atomic mass is 79.9. The van der Waals surface area contributed by atoms with Gasteiger partial charge in [0.1, 0.15) is 5.82 Å². The normalized spacial score (nSPS) is 11.3. The third-order valence-corrected chi connectivity index (χ3v) is 4.68. The molecule has 106 valence electrons. The fourth-order valence-corrected chi connectivity index (χ4v) is 2.63. The van der Waals surface area contributed by atoms with Crippen LogP contribution in [0.25, 0.3) is 0 Å². The summed E-state index contributed by atoms with van der Waals surface area (Å²) in [5, 5.41) is -0.0722. The second-order valence-electron chi connectivity index (χ2n) is 4.08. The van der Waals surface area contributed by atoms with E-state index in [0.717, 1.165) is 10.0 Å². The van der Waals surface area contributed by atoms with Crippen molar-refractivity contribution < 1.29 is 8.42 Å². The topological polar surface area (TPSA) is 98.0 Å². The standard InChI is InChI=1S/C12H13BrN4O2S/c1-8-10(13)3-4-11(16-8)17-20(18,19)12-5-2-9(6-14)7-15-12/h2-5,7H,6,14H2,1H3,(H,16,17). The van der Waals surface area contributed by atoms with Gasteiger partial charge in [-0.2, -0.15) is 8.42 Å². The zero-order valence-corrected chi connectivity index (χ0v) is 13.1. The first-order chi connectivity index (χ1) is 9.42. The van der Waals surface area contributed by atoms with Gasteiger partial charge in [-0.15, -0.1) is 0 Å². The Hall–Kier alpha value is -1.51. The molecule has 0 unspecified atom stereocenters. The first kappa shape index (κ1) is 14.9. The van der Waals surface area contributed by atoms with Crippen LogP contribution in [-0.4, -0.2) is 18.4 Å². The molecule has 0 aliphatic rings. The van der Waals surface area contributed by atoms with E-state index < -0.39 is 10.0 Å². The summed E-state index contributed by atoms with van der Waals surface area (Å²) in [7, 11) is -3.75. The van der Waals surface area contributed by atoms with Gasteiger partial charge in [-0.3, -0.25) is 4.72 Å². The summed E-state index contributed by atoms with van der Waals surface area (Å²) in [5.74, 6) is 0.246. The van der Waals surface area contributed by atoms with E-state index in [4.69, 9.17) is 5.73 Å². The predicted octanol–water partition coefficient (Wildman–Crippen LogP) is 1.81. The SMILES string of the molecule is Cc1nc(NS(=O)(=O)c2ccc(CN)cn2)ccc1Br. The Balaban J connectivity index is 2.27. The van der Waals surface area contributed by atoms with Crippen LogP contribution in [0.3, 0.4) is 0 Å². The number of pyridine rings is 2. The van der Waals surface area contributed by atoms with Gasteiger partial charge in [0.05, 0.1) is 5.69 Å². The highest BCUT2D eigenvalue weighted by Crippen LogP contribution is 2.18. The summed E-state index contributed by atoms with van der Waals surface area (Å²) in [6.07, 6.45) is 1.44. The monoisotopic (exact) mass is 356 g/mol. The Morgan fingerprint density at radius 3 is 2.60 bits per heavy atom. The number of anilines is 1. The minimum absolute atomic E-state index is 0.0722. The van der Waals surface area contributed by atoms with Crippen LogP contribution in [0.1, 0.15) is 11.3 Å². The van der Waals surface area contributed by atoms with Gasteiger partial charge in [0.2, 0.25) is 0 Å². The highest BCUT2D eigenvalue weighted by Gasteiger charge is 2.16. The summed E-state index contributed by atoms with van der Waals surface area (Å²) in [4.78, 5) is 8.02. The van der Waals surface area contributed by atoms with Crippen LogP contribution in [-0.2, 0) is 16.6 Å². The van der Waals surface area contributed by atoms with Gasteiger partial charge >= 0.3 is 0 Å². The first-order valence-electron chi connectivity index (χ1n) is 5.73. The average Bonchev–Trinajstić information content (AvgIpc) is 2.43. The number of halogens is 1. The molecule has 0 atom stereocenters. The van der Waals surface area contributed by atoms with E-state index >= 15 is 0 Å². The summed E-state index contributed by atoms with van der Waals surface area (Å²) in [6, 6.07) is 6.34. The van der Waals surface area contributed by atoms with Gasteiger partial charge in [-0.05, 0) is 46.6 Å². The fourth-order valence-electron chi connectivity index (χ4n) is 1.48. The third kappa shape index (κ3) is 3.33. The quantitative estimate of drug-likeness (QED) is 0.870. The molecule has 2 rings (SSSR count). The van der Waals surface area contributed by atoms with E-state index in [1.54, 1.807) is 25.1 Å².